The molecule has 1 aromatic rings. The maximum absolute atomic E-state index is 9.54. The van der Waals surface area contributed by atoms with Gasteiger partial charge in [-0.05, 0) is 19.1 Å². The van der Waals surface area contributed by atoms with Gasteiger partial charge in [0.15, 0.2) is 0 Å². The van der Waals surface area contributed by atoms with Gasteiger partial charge in [0.1, 0.15) is 11.9 Å². The molecule has 3 nitrogen and oxygen atoms in total. The van der Waals surface area contributed by atoms with Crippen molar-refractivity contribution in [2.24, 2.45) is 0 Å². The number of aliphatic hydroxyl groups is 2. The fourth-order valence-electron chi connectivity index (χ4n) is 1.36. The second kappa shape index (κ2) is 2.78. The van der Waals surface area contributed by atoms with E-state index in [4.69, 9.17) is 9.84 Å². The number of aliphatic hydroxyl groups excluding tert-OH is 2. The number of fused-ring (bicyclic) bond motifs is 1. The molecule has 13 heavy (non-hydrogen) atoms. The molecular weight excluding hydrogens is 168 g/mol. The van der Waals surface area contributed by atoms with E-state index in [1.165, 1.54) is 6.08 Å². The third-order valence-electron chi connectivity index (χ3n) is 2.00. The molecule has 1 unspecified atom stereocenters. The molecule has 1 aliphatic rings. The van der Waals surface area contributed by atoms with Gasteiger partial charge < -0.3 is 14.9 Å². The highest BCUT2D eigenvalue weighted by atomic mass is 16.6. The van der Waals surface area contributed by atoms with E-state index in [-0.39, 0.29) is 5.95 Å². The predicted octanol–water partition coefficient (Wildman–Crippen LogP) is 1.82. The second-order valence-corrected chi connectivity index (χ2v) is 3.09. The highest BCUT2D eigenvalue weighted by molar-refractivity contribution is 5.42. The van der Waals surface area contributed by atoms with Crippen LogP contribution in [0.15, 0.2) is 30.2 Å². The smallest absolute Gasteiger partial charge is 0.280 e. The third kappa shape index (κ3) is 1.38. The molecule has 0 amide bonds. The number of aryl methyl sites for hydroxylation is 1. The van der Waals surface area contributed by atoms with Crippen molar-refractivity contribution in [1.82, 2.24) is 0 Å². The first-order valence-corrected chi connectivity index (χ1v) is 4.04. The van der Waals surface area contributed by atoms with E-state index in [0.29, 0.717) is 11.3 Å². The Morgan fingerprint density at radius 2 is 2.15 bits per heavy atom. The Kier molecular flexibility index (Phi) is 1.74. The fraction of sp³-hybridized carbons (Fsp3) is 0.200. The zero-order valence-corrected chi connectivity index (χ0v) is 7.19. The van der Waals surface area contributed by atoms with Gasteiger partial charge in [-0.15, -0.1) is 0 Å². The second-order valence-electron chi connectivity index (χ2n) is 3.09. The van der Waals surface area contributed by atoms with Crippen molar-refractivity contribution in [3.05, 3.63) is 41.3 Å². The molecule has 2 rings (SSSR count). The Morgan fingerprint density at radius 1 is 1.38 bits per heavy atom. The molecule has 0 aliphatic carbocycles. The van der Waals surface area contributed by atoms with Crippen LogP contribution in [0.3, 0.4) is 0 Å². The summed E-state index contributed by atoms with van der Waals surface area (Å²) < 4.78 is 5.01. The lowest BCUT2D eigenvalue weighted by Crippen LogP contribution is -2.08. The number of rotatable bonds is 0. The molecule has 68 valence electrons. The lowest BCUT2D eigenvalue weighted by Gasteiger charge is -2.18. The number of ether oxygens (including phenoxy) is 1. The van der Waals surface area contributed by atoms with E-state index in [1.54, 1.807) is 6.07 Å². The van der Waals surface area contributed by atoms with Crippen molar-refractivity contribution in [2.75, 3.05) is 0 Å². The summed E-state index contributed by atoms with van der Waals surface area (Å²) in [6.07, 6.45) is 0.491. The molecule has 1 aliphatic heterocycles. The van der Waals surface area contributed by atoms with Gasteiger partial charge in [0, 0.05) is 11.6 Å². The lowest BCUT2D eigenvalue weighted by atomic mass is 10.0. The molecule has 3 heteroatoms. The van der Waals surface area contributed by atoms with Gasteiger partial charge in [-0.3, -0.25) is 0 Å². The topological polar surface area (TPSA) is 49.7 Å². The van der Waals surface area contributed by atoms with Crippen LogP contribution >= 0.6 is 0 Å². The molecule has 1 heterocycles. The van der Waals surface area contributed by atoms with Crippen LogP contribution in [0.4, 0.5) is 0 Å². The van der Waals surface area contributed by atoms with E-state index in [0.717, 1.165) is 5.56 Å². The summed E-state index contributed by atoms with van der Waals surface area (Å²) >= 11 is 0. The average Bonchev–Trinajstić information content (AvgIpc) is 2.06. The van der Waals surface area contributed by atoms with E-state index in [9.17, 15) is 5.11 Å². The van der Waals surface area contributed by atoms with E-state index < -0.39 is 6.10 Å². The third-order valence-corrected chi connectivity index (χ3v) is 2.00. The van der Waals surface area contributed by atoms with Gasteiger partial charge in [-0.1, -0.05) is 11.6 Å². The zero-order chi connectivity index (χ0) is 9.42. The first-order chi connectivity index (χ1) is 6.16. The summed E-state index contributed by atoms with van der Waals surface area (Å²) in [5.41, 5.74) is 1.74. The lowest BCUT2D eigenvalue weighted by molar-refractivity contribution is 0.152. The van der Waals surface area contributed by atoms with E-state index >= 15 is 0 Å². The molecule has 2 N–H and O–H groups in total. The Hall–Kier alpha value is -1.48. The first kappa shape index (κ1) is 8.13. The highest BCUT2D eigenvalue weighted by Crippen LogP contribution is 2.32. The van der Waals surface area contributed by atoms with Crippen molar-refractivity contribution in [3.63, 3.8) is 0 Å². The van der Waals surface area contributed by atoms with Gasteiger partial charge >= 0.3 is 0 Å². The molecule has 0 spiro atoms. The standard InChI is InChI=1S/C10H10O3/c1-6-2-3-9-7(4-6)8(11)5-10(12)13-9/h2-5,8,11-12H,1H3. The summed E-state index contributed by atoms with van der Waals surface area (Å²) in [6, 6.07) is 5.43. The first-order valence-electron chi connectivity index (χ1n) is 4.04. The minimum absolute atomic E-state index is 0.246. The summed E-state index contributed by atoms with van der Waals surface area (Å²) in [6.45, 7) is 1.94. The van der Waals surface area contributed by atoms with Gasteiger partial charge in [-0.25, -0.2) is 0 Å². The van der Waals surface area contributed by atoms with Crippen molar-refractivity contribution < 1.29 is 14.9 Å². The van der Waals surface area contributed by atoms with Gasteiger partial charge in [0.25, 0.3) is 5.95 Å². The number of hydrogen-bond acceptors (Lipinski definition) is 3. The fourth-order valence-corrected chi connectivity index (χ4v) is 1.36. The van der Waals surface area contributed by atoms with Crippen molar-refractivity contribution in [3.8, 4) is 5.75 Å². The molecule has 0 bridgehead atoms. The van der Waals surface area contributed by atoms with Crippen LogP contribution in [0, 0.1) is 6.92 Å². The molecular formula is C10H10O3. The Morgan fingerprint density at radius 3 is 2.92 bits per heavy atom. The minimum atomic E-state index is -0.774. The van der Waals surface area contributed by atoms with Crippen LogP contribution in [0.2, 0.25) is 0 Å². The van der Waals surface area contributed by atoms with Crippen LogP contribution in [0.25, 0.3) is 0 Å². The Labute approximate surface area is 75.9 Å². The number of benzene rings is 1. The van der Waals surface area contributed by atoms with Crippen LogP contribution in [-0.2, 0) is 0 Å². The minimum Gasteiger partial charge on any atom is -0.481 e. The molecule has 1 aromatic carbocycles. The highest BCUT2D eigenvalue weighted by Gasteiger charge is 2.19. The largest absolute Gasteiger partial charge is 0.481 e. The van der Waals surface area contributed by atoms with Crippen molar-refractivity contribution >= 4 is 0 Å². The monoisotopic (exact) mass is 178 g/mol. The summed E-state index contributed by atoms with van der Waals surface area (Å²) in [5.74, 6) is 0.266. The van der Waals surface area contributed by atoms with E-state index in [2.05, 4.69) is 0 Å². The predicted molar refractivity (Wildman–Crippen MR) is 47.5 cm³/mol. The van der Waals surface area contributed by atoms with Gasteiger partial charge in [0.2, 0.25) is 0 Å². The van der Waals surface area contributed by atoms with Crippen molar-refractivity contribution in [1.29, 1.82) is 0 Å². The Bertz CT molecular complexity index is 368. The quantitative estimate of drug-likeness (QED) is 0.637. The van der Waals surface area contributed by atoms with Gasteiger partial charge in [-0.2, -0.15) is 0 Å². The van der Waals surface area contributed by atoms with Crippen LogP contribution in [-0.4, -0.2) is 10.2 Å². The van der Waals surface area contributed by atoms with Crippen molar-refractivity contribution in [2.45, 2.75) is 13.0 Å². The molecule has 0 radical (unpaired) electrons. The maximum atomic E-state index is 9.54. The zero-order valence-electron chi connectivity index (χ0n) is 7.19. The Balaban J connectivity index is 2.50. The van der Waals surface area contributed by atoms with Crippen LogP contribution in [0.5, 0.6) is 5.75 Å². The molecule has 0 saturated carbocycles. The summed E-state index contributed by atoms with van der Waals surface area (Å²) in [4.78, 5) is 0. The molecule has 1 atom stereocenters. The van der Waals surface area contributed by atoms with Gasteiger partial charge in [0.05, 0.1) is 0 Å². The maximum Gasteiger partial charge on any atom is 0.280 e. The van der Waals surface area contributed by atoms with Crippen LogP contribution < -0.4 is 4.74 Å². The molecule has 0 saturated heterocycles. The number of hydrogen-bond donors (Lipinski definition) is 2. The van der Waals surface area contributed by atoms with Crippen LogP contribution in [0.1, 0.15) is 17.2 Å². The molecule has 0 fully saturated rings. The normalized spacial score (nSPS) is 20.2. The average molecular weight is 178 g/mol. The molecule has 0 aromatic heterocycles. The summed E-state index contributed by atoms with van der Waals surface area (Å²) in [5, 5.41) is 18.6. The SMILES string of the molecule is Cc1ccc2c(c1)C(O)C=C(O)O2. The summed E-state index contributed by atoms with van der Waals surface area (Å²) in [7, 11) is 0. The van der Waals surface area contributed by atoms with E-state index in [1.807, 2.05) is 19.1 Å².